The van der Waals surface area contributed by atoms with E-state index in [2.05, 4.69) is 0 Å². The highest BCUT2D eigenvalue weighted by Gasteiger charge is 2.30. The molecule has 3 aromatic carbocycles. The third kappa shape index (κ3) is 6.37. The van der Waals surface area contributed by atoms with Crippen LogP contribution in [-0.2, 0) is 4.74 Å². The van der Waals surface area contributed by atoms with Crippen LogP contribution in [0.25, 0.3) is 11.1 Å². The number of ether oxygens (including phenoxy) is 1. The topological polar surface area (TPSA) is 49.8 Å². The highest BCUT2D eigenvalue weighted by molar-refractivity contribution is 5.69. The van der Waals surface area contributed by atoms with E-state index in [1.807, 2.05) is 31.2 Å². The van der Waals surface area contributed by atoms with Crippen LogP contribution in [0, 0.1) is 11.6 Å². The smallest absolute Gasteiger partial charge is 0.410 e. The lowest BCUT2D eigenvalue weighted by Gasteiger charge is -2.35. The molecule has 2 atom stereocenters. The lowest BCUT2D eigenvalue weighted by Crippen LogP contribution is -2.43. The summed E-state index contributed by atoms with van der Waals surface area (Å²) in [7, 11) is 0. The zero-order valence-electron chi connectivity index (χ0n) is 18.0. The molecule has 1 aliphatic heterocycles. The van der Waals surface area contributed by atoms with Gasteiger partial charge in [-0.25, -0.2) is 13.6 Å². The number of aliphatic hydroxyl groups is 1. The number of rotatable bonds is 5. The highest BCUT2D eigenvalue weighted by atomic mass is 19.1. The molecular weight excluding hydrogens is 412 g/mol. The minimum atomic E-state index is -0.334. The van der Waals surface area contributed by atoms with Crippen molar-refractivity contribution >= 4 is 6.09 Å². The summed E-state index contributed by atoms with van der Waals surface area (Å²) in [4.78, 5) is 13.9. The summed E-state index contributed by atoms with van der Waals surface area (Å²) >= 11 is 0. The predicted octanol–water partition coefficient (Wildman–Crippen LogP) is 5.97. The maximum Gasteiger partial charge on any atom is 0.410 e. The van der Waals surface area contributed by atoms with Crippen LogP contribution in [0.3, 0.4) is 0 Å². The van der Waals surface area contributed by atoms with E-state index in [1.165, 1.54) is 24.3 Å². The van der Waals surface area contributed by atoms with Gasteiger partial charge in [-0.2, -0.15) is 0 Å². The SMILES string of the molecule is CC(c1ccc(-c2ccc(F)cc2)cc1)N1CCC(CCO)OC1=O.Fc1ccccc1. The first-order chi connectivity index (χ1) is 15.5. The van der Waals surface area contributed by atoms with Crippen molar-refractivity contribution in [3.05, 3.63) is 96.1 Å². The van der Waals surface area contributed by atoms with E-state index < -0.39 is 0 Å². The molecular formula is C26H27F2NO3. The first-order valence-corrected chi connectivity index (χ1v) is 10.6. The maximum atomic E-state index is 13.0. The molecule has 0 aliphatic carbocycles. The molecule has 0 saturated carbocycles. The van der Waals surface area contributed by atoms with Gasteiger partial charge in [0.05, 0.1) is 6.04 Å². The Morgan fingerprint density at radius 2 is 1.50 bits per heavy atom. The van der Waals surface area contributed by atoms with Gasteiger partial charge in [-0.3, -0.25) is 0 Å². The average Bonchev–Trinajstić information content (AvgIpc) is 2.81. The Kier molecular flexibility index (Phi) is 8.34. The Bertz CT molecular complexity index is 978. The summed E-state index contributed by atoms with van der Waals surface area (Å²) in [6.07, 6.45) is 0.687. The fourth-order valence-corrected chi connectivity index (χ4v) is 3.53. The molecule has 2 unspecified atom stereocenters. The molecule has 4 nitrogen and oxygen atoms in total. The van der Waals surface area contributed by atoms with Gasteiger partial charge in [-0.1, -0.05) is 54.6 Å². The molecule has 0 spiro atoms. The summed E-state index contributed by atoms with van der Waals surface area (Å²) in [6.45, 7) is 2.61. The van der Waals surface area contributed by atoms with E-state index in [-0.39, 0.29) is 36.5 Å². The number of halogens is 2. The maximum absolute atomic E-state index is 13.0. The number of aliphatic hydroxyl groups excluding tert-OH is 1. The first-order valence-electron chi connectivity index (χ1n) is 10.6. The summed E-state index contributed by atoms with van der Waals surface area (Å²) in [6, 6.07) is 22.1. The molecule has 3 aromatic rings. The van der Waals surface area contributed by atoms with Gasteiger partial charge in [0.1, 0.15) is 17.7 Å². The van der Waals surface area contributed by atoms with E-state index in [0.29, 0.717) is 13.0 Å². The van der Waals surface area contributed by atoms with Gasteiger partial charge in [-0.05, 0) is 47.9 Å². The summed E-state index contributed by atoms with van der Waals surface area (Å²) < 4.78 is 30.3. The van der Waals surface area contributed by atoms with E-state index in [4.69, 9.17) is 9.84 Å². The Labute approximate surface area is 187 Å². The van der Waals surface area contributed by atoms with Crippen LogP contribution in [0.1, 0.15) is 31.4 Å². The molecule has 1 aliphatic rings. The number of carbonyl (C=O) groups is 1. The molecule has 4 rings (SSSR count). The fraction of sp³-hybridized carbons (Fsp3) is 0.269. The van der Waals surface area contributed by atoms with E-state index in [1.54, 1.807) is 35.2 Å². The van der Waals surface area contributed by atoms with Crippen molar-refractivity contribution in [3.8, 4) is 11.1 Å². The number of nitrogens with zero attached hydrogens (tertiary/aromatic N) is 1. The van der Waals surface area contributed by atoms with Crippen LogP contribution in [0.2, 0.25) is 0 Å². The predicted molar refractivity (Wildman–Crippen MR) is 120 cm³/mol. The molecule has 1 saturated heterocycles. The van der Waals surface area contributed by atoms with Crippen LogP contribution >= 0.6 is 0 Å². The van der Waals surface area contributed by atoms with Crippen molar-refractivity contribution in [3.63, 3.8) is 0 Å². The number of benzene rings is 3. The molecule has 0 bridgehead atoms. The monoisotopic (exact) mass is 439 g/mol. The molecule has 0 radical (unpaired) electrons. The van der Waals surface area contributed by atoms with E-state index in [0.717, 1.165) is 23.1 Å². The van der Waals surface area contributed by atoms with Crippen LogP contribution in [-0.4, -0.2) is 35.4 Å². The zero-order chi connectivity index (χ0) is 22.9. The van der Waals surface area contributed by atoms with Crippen molar-refractivity contribution in [2.45, 2.75) is 31.9 Å². The molecule has 1 N–H and O–H groups in total. The van der Waals surface area contributed by atoms with Crippen molar-refractivity contribution in [2.24, 2.45) is 0 Å². The normalized spacial score (nSPS) is 16.6. The average molecular weight is 440 g/mol. The van der Waals surface area contributed by atoms with Crippen molar-refractivity contribution in [2.75, 3.05) is 13.2 Å². The minimum absolute atomic E-state index is 0.0261. The molecule has 1 amide bonds. The largest absolute Gasteiger partial charge is 0.446 e. The van der Waals surface area contributed by atoms with Gasteiger partial charge in [0.25, 0.3) is 0 Å². The van der Waals surface area contributed by atoms with Gasteiger partial charge < -0.3 is 14.7 Å². The summed E-state index contributed by atoms with van der Waals surface area (Å²) in [5.41, 5.74) is 2.97. The third-order valence-electron chi connectivity index (χ3n) is 5.42. The van der Waals surface area contributed by atoms with Gasteiger partial charge in [-0.15, -0.1) is 0 Å². The van der Waals surface area contributed by atoms with Crippen molar-refractivity contribution in [1.82, 2.24) is 4.90 Å². The third-order valence-corrected chi connectivity index (χ3v) is 5.42. The van der Waals surface area contributed by atoms with Gasteiger partial charge in [0.2, 0.25) is 0 Å². The number of cyclic esters (lactones) is 1. The zero-order valence-corrected chi connectivity index (χ0v) is 18.0. The Hall–Kier alpha value is -3.25. The highest BCUT2D eigenvalue weighted by Crippen LogP contribution is 2.28. The van der Waals surface area contributed by atoms with Crippen LogP contribution < -0.4 is 0 Å². The second-order valence-electron chi connectivity index (χ2n) is 7.60. The van der Waals surface area contributed by atoms with Gasteiger partial charge in [0.15, 0.2) is 0 Å². The second-order valence-corrected chi connectivity index (χ2v) is 7.60. The lowest BCUT2D eigenvalue weighted by molar-refractivity contribution is 0.00400. The van der Waals surface area contributed by atoms with E-state index in [9.17, 15) is 13.6 Å². The number of hydrogen-bond donors (Lipinski definition) is 1. The van der Waals surface area contributed by atoms with Gasteiger partial charge in [0, 0.05) is 26.0 Å². The molecule has 1 fully saturated rings. The first kappa shape index (κ1) is 23.4. The quantitative estimate of drug-likeness (QED) is 0.533. The molecule has 32 heavy (non-hydrogen) atoms. The number of amides is 1. The summed E-state index contributed by atoms with van der Waals surface area (Å²) in [5.74, 6) is -0.431. The van der Waals surface area contributed by atoms with Crippen molar-refractivity contribution < 1.29 is 23.4 Å². The Balaban J connectivity index is 0.000000352. The van der Waals surface area contributed by atoms with E-state index >= 15 is 0 Å². The Morgan fingerprint density at radius 1 is 0.938 bits per heavy atom. The molecule has 0 aromatic heterocycles. The molecule has 1 heterocycles. The van der Waals surface area contributed by atoms with Crippen LogP contribution in [0.4, 0.5) is 13.6 Å². The second kappa shape index (κ2) is 11.4. The minimum Gasteiger partial charge on any atom is -0.446 e. The molecule has 168 valence electrons. The van der Waals surface area contributed by atoms with Crippen molar-refractivity contribution in [1.29, 1.82) is 0 Å². The lowest BCUT2D eigenvalue weighted by atomic mass is 10.00. The summed E-state index contributed by atoms with van der Waals surface area (Å²) in [5, 5.41) is 8.97. The Morgan fingerprint density at radius 3 is 2.00 bits per heavy atom. The fourth-order valence-electron chi connectivity index (χ4n) is 3.53. The number of carbonyl (C=O) groups excluding carboxylic acids is 1. The van der Waals surface area contributed by atoms with Crippen LogP contribution in [0.5, 0.6) is 0 Å². The van der Waals surface area contributed by atoms with Gasteiger partial charge >= 0.3 is 6.09 Å². The molecule has 6 heteroatoms. The standard InChI is InChI=1S/C20H22FNO3.C6H5F/c1-14(22-12-10-19(11-13-23)25-20(22)24)15-2-4-16(5-3-15)17-6-8-18(21)9-7-17;7-6-4-2-1-3-5-6/h2-9,14,19,23H,10-13H2,1H3;1-5H. The number of hydrogen-bond acceptors (Lipinski definition) is 3. The van der Waals surface area contributed by atoms with Crippen LogP contribution in [0.15, 0.2) is 78.9 Å².